The Morgan fingerprint density at radius 2 is 1.69 bits per heavy atom. The number of benzene rings is 2. The summed E-state index contributed by atoms with van der Waals surface area (Å²) >= 11 is 11.8. The van der Waals surface area contributed by atoms with Crippen LogP contribution in [0.5, 0.6) is 0 Å². The molecule has 132 valence electrons. The number of hydrogen-bond donors (Lipinski definition) is 0. The molecule has 2 aromatic carbocycles. The van der Waals surface area contributed by atoms with Crippen LogP contribution in [-0.4, -0.2) is 27.5 Å². The molecular weight excluding hydrogens is 373 g/mol. The van der Waals surface area contributed by atoms with Gasteiger partial charge in [0, 0.05) is 35.1 Å². The lowest BCUT2D eigenvalue weighted by Gasteiger charge is -2.16. The van der Waals surface area contributed by atoms with Crippen molar-refractivity contribution in [2.45, 2.75) is 18.9 Å². The number of aromatic nitrogens is 2. The molecule has 1 unspecified atom stereocenters. The molecule has 0 bridgehead atoms. The van der Waals surface area contributed by atoms with E-state index in [2.05, 4.69) is 10.1 Å². The molecule has 0 aliphatic carbocycles. The van der Waals surface area contributed by atoms with Crippen LogP contribution < -0.4 is 0 Å². The lowest BCUT2D eigenvalue weighted by Crippen LogP contribution is -2.24. The van der Waals surface area contributed by atoms with Crippen LogP contribution in [0.1, 0.15) is 23.8 Å². The van der Waals surface area contributed by atoms with Gasteiger partial charge in [-0.05, 0) is 42.0 Å². The first-order valence-corrected chi connectivity index (χ1v) is 8.96. The van der Waals surface area contributed by atoms with E-state index in [1.54, 1.807) is 17.0 Å². The van der Waals surface area contributed by atoms with Gasteiger partial charge in [-0.2, -0.15) is 4.98 Å². The van der Waals surface area contributed by atoms with Crippen LogP contribution in [0.15, 0.2) is 53.1 Å². The fraction of sp³-hybridized carbons (Fsp3) is 0.211. The fourth-order valence-corrected chi connectivity index (χ4v) is 3.27. The number of likely N-dealkylation sites (tertiary alicyclic amines) is 1. The second-order valence-corrected chi connectivity index (χ2v) is 7.14. The topological polar surface area (TPSA) is 59.2 Å². The van der Waals surface area contributed by atoms with E-state index < -0.39 is 0 Å². The zero-order chi connectivity index (χ0) is 18.1. The molecule has 0 N–H and O–H groups in total. The minimum Gasteiger partial charge on any atom is -0.339 e. The minimum atomic E-state index is -0.0941. The van der Waals surface area contributed by atoms with Crippen LogP contribution in [-0.2, 0) is 11.3 Å². The summed E-state index contributed by atoms with van der Waals surface area (Å²) in [6.07, 6.45) is 0.371. The van der Waals surface area contributed by atoms with E-state index in [1.807, 2.05) is 36.4 Å². The Labute approximate surface area is 160 Å². The van der Waals surface area contributed by atoms with Gasteiger partial charge in [-0.1, -0.05) is 40.5 Å². The second-order valence-electron chi connectivity index (χ2n) is 6.26. The summed E-state index contributed by atoms with van der Waals surface area (Å²) in [4.78, 5) is 18.6. The maximum atomic E-state index is 12.3. The lowest BCUT2D eigenvalue weighted by atomic mass is 10.1. The molecule has 0 radical (unpaired) electrons. The van der Waals surface area contributed by atoms with E-state index in [9.17, 15) is 4.79 Å². The predicted molar refractivity (Wildman–Crippen MR) is 99.0 cm³/mol. The highest BCUT2D eigenvalue weighted by Crippen LogP contribution is 2.30. The molecule has 1 aliphatic rings. The number of amides is 1. The van der Waals surface area contributed by atoms with E-state index in [-0.39, 0.29) is 11.8 Å². The standard InChI is InChI=1S/C19H15Cl2N3O2/c20-15-5-1-12(2-6-15)10-24-11-14(9-17(24)25)19-22-18(23-26-19)13-3-7-16(21)8-4-13/h1-8,14H,9-11H2. The van der Waals surface area contributed by atoms with E-state index in [4.69, 9.17) is 27.7 Å². The Balaban J connectivity index is 1.47. The van der Waals surface area contributed by atoms with Crippen LogP contribution >= 0.6 is 23.2 Å². The maximum absolute atomic E-state index is 12.3. The van der Waals surface area contributed by atoms with Gasteiger partial charge in [0.15, 0.2) is 0 Å². The zero-order valence-electron chi connectivity index (χ0n) is 13.7. The first-order valence-electron chi connectivity index (χ1n) is 8.20. The van der Waals surface area contributed by atoms with Crippen molar-refractivity contribution in [3.63, 3.8) is 0 Å². The lowest BCUT2D eigenvalue weighted by molar-refractivity contribution is -0.128. The molecule has 1 aliphatic heterocycles. The van der Waals surface area contributed by atoms with Gasteiger partial charge in [0.25, 0.3) is 0 Å². The predicted octanol–water partition coefficient (Wildman–Crippen LogP) is 4.56. The highest BCUT2D eigenvalue weighted by atomic mass is 35.5. The van der Waals surface area contributed by atoms with E-state index in [1.165, 1.54) is 0 Å². The third-order valence-corrected chi connectivity index (χ3v) is 4.90. The minimum absolute atomic E-state index is 0.0798. The monoisotopic (exact) mass is 387 g/mol. The van der Waals surface area contributed by atoms with Gasteiger partial charge in [-0.25, -0.2) is 0 Å². The van der Waals surface area contributed by atoms with Crippen LogP contribution in [0.25, 0.3) is 11.4 Å². The summed E-state index contributed by atoms with van der Waals surface area (Å²) in [5.41, 5.74) is 1.86. The molecular formula is C19H15Cl2N3O2. The SMILES string of the molecule is O=C1CC(c2nc(-c3ccc(Cl)cc3)no2)CN1Cc1ccc(Cl)cc1. The van der Waals surface area contributed by atoms with Crippen molar-refractivity contribution in [2.24, 2.45) is 0 Å². The van der Waals surface area contributed by atoms with Crippen LogP contribution in [0.2, 0.25) is 10.0 Å². The van der Waals surface area contributed by atoms with Crippen molar-refractivity contribution in [2.75, 3.05) is 6.54 Å². The summed E-state index contributed by atoms with van der Waals surface area (Å²) in [5, 5.41) is 5.36. The van der Waals surface area contributed by atoms with Crippen molar-refractivity contribution >= 4 is 29.1 Å². The smallest absolute Gasteiger partial charge is 0.232 e. The van der Waals surface area contributed by atoms with Crippen LogP contribution in [0.4, 0.5) is 0 Å². The number of hydrogen-bond acceptors (Lipinski definition) is 4. The first kappa shape index (κ1) is 17.1. The molecule has 1 aromatic heterocycles. The number of carbonyl (C=O) groups excluding carboxylic acids is 1. The molecule has 26 heavy (non-hydrogen) atoms. The van der Waals surface area contributed by atoms with Crippen LogP contribution in [0.3, 0.4) is 0 Å². The molecule has 0 saturated carbocycles. The van der Waals surface area contributed by atoms with Gasteiger partial charge >= 0.3 is 0 Å². The Morgan fingerprint density at radius 3 is 2.38 bits per heavy atom. The average Bonchev–Trinajstić information content (AvgIpc) is 3.25. The molecule has 0 spiro atoms. The van der Waals surface area contributed by atoms with Gasteiger partial charge in [0.05, 0.1) is 5.92 Å². The summed E-state index contributed by atoms with van der Waals surface area (Å²) in [6, 6.07) is 14.7. The Hall–Kier alpha value is -2.37. The van der Waals surface area contributed by atoms with Crippen molar-refractivity contribution in [3.8, 4) is 11.4 Å². The second kappa shape index (κ2) is 7.09. The quantitative estimate of drug-likeness (QED) is 0.658. The largest absolute Gasteiger partial charge is 0.339 e. The maximum Gasteiger partial charge on any atom is 0.232 e. The molecule has 5 nitrogen and oxygen atoms in total. The number of nitrogens with zero attached hydrogens (tertiary/aromatic N) is 3. The molecule has 1 amide bonds. The number of carbonyl (C=O) groups is 1. The molecule has 1 saturated heterocycles. The van der Waals surface area contributed by atoms with Gasteiger partial charge in [0.1, 0.15) is 0 Å². The molecule has 7 heteroatoms. The third-order valence-electron chi connectivity index (χ3n) is 4.39. The van der Waals surface area contributed by atoms with Crippen LogP contribution in [0, 0.1) is 0 Å². The Kier molecular flexibility index (Phi) is 4.66. The normalized spacial score (nSPS) is 17.1. The van der Waals surface area contributed by atoms with Crippen molar-refractivity contribution in [1.29, 1.82) is 0 Å². The van der Waals surface area contributed by atoms with Crippen molar-refractivity contribution in [3.05, 3.63) is 70.0 Å². The van der Waals surface area contributed by atoms with Gasteiger partial charge in [-0.3, -0.25) is 4.79 Å². The van der Waals surface area contributed by atoms with Gasteiger partial charge < -0.3 is 9.42 Å². The van der Waals surface area contributed by atoms with E-state index in [0.29, 0.717) is 41.3 Å². The van der Waals surface area contributed by atoms with E-state index >= 15 is 0 Å². The summed E-state index contributed by atoms with van der Waals surface area (Å²) < 4.78 is 5.41. The average molecular weight is 388 g/mol. The molecule has 1 atom stereocenters. The summed E-state index contributed by atoms with van der Waals surface area (Å²) in [5.74, 6) is 0.974. The summed E-state index contributed by atoms with van der Waals surface area (Å²) in [7, 11) is 0. The van der Waals surface area contributed by atoms with Crippen molar-refractivity contribution < 1.29 is 9.32 Å². The Morgan fingerprint density at radius 1 is 1.04 bits per heavy atom. The van der Waals surface area contributed by atoms with Gasteiger partial charge in [-0.15, -0.1) is 0 Å². The molecule has 2 heterocycles. The molecule has 1 fully saturated rings. The van der Waals surface area contributed by atoms with E-state index in [0.717, 1.165) is 11.1 Å². The zero-order valence-corrected chi connectivity index (χ0v) is 15.2. The molecule has 4 rings (SSSR count). The van der Waals surface area contributed by atoms with Crippen molar-refractivity contribution in [1.82, 2.24) is 15.0 Å². The summed E-state index contributed by atoms with van der Waals surface area (Å²) in [6.45, 7) is 1.11. The van der Waals surface area contributed by atoms with Gasteiger partial charge in [0.2, 0.25) is 17.6 Å². The molecule has 3 aromatic rings. The highest BCUT2D eigenvalue weighted by molar-refractivity contribution is 6.30. The first-order chi connectivity index (χ1) is 12.6. The Bertz CT molecular complexity index is 923. The fourth-order valence-electron chi connectivity index (χ4n) is 3.02. The number of halogens is 2. The number of rotatable bonds is 4. The highest BCUT2D eigenvalue weighted by Gasteiger charge is 2.34. The third kappa shape index (κ3) is 3.59.